The van der Waals surface area contributed by atoms with E-state index < -0.39 is 6.10 Å². The van der Waals surface area contributed by atoms with Crippen LogP contribution >= 0.6 is 23.2 Å². The highest BCUT2D eigenvalue weighted by atomic mass is 35.5. The lowest BCUT2D eigenvalue weighted by atomic mass is 10.2. The summed E-state index contributed by atoms with van der Waals surface area (Å²) in [7, 11) is 0. The van der Waals surface area contributed by atoms with Gasteiger partial charge in [-0.1, -0.05) is 47.5 Å². The Morgan fingerprint density at radius 3 is 2.57 bits per heavy atom. The van der Waals surface area contributed by atoms with Crippen LogP contribution in [0, 0.1) is 6.92 Å². The van der Waals surface area contributed by atoms with E-state index in [0.717, 1.165) is 5.56 Å². The first-order valence-corrected chi connectivity index (χ1v) is 7.22. The van der Waals surface area contributed by atoms with Crippen LogP contribution in [-0.2, 0) is 4.79 Å². The zero-order valence-electron chi connectivity index (χ0n) is 11.7. The molecule has 0 bridgehead atoms. The van der Waals surface area contributed by atoms with Gasteiger partial charge in [0.25, 0.3) is 5.91 Å². The second-order valence-corrected chi connectivity index (χ2v) is 5.40. The molecule has 0 heterocycles. The number of aryl methyl sites for hydroxylation is 1. The van der Waals surface area contributed by atoms with Crippen molar-refractivity contribution in [1.29, 1.82) is 0 Å². The third-order valence-electron chi connectivity index (χ3n) is 2.98. The number of anilines is 1. The van der Waals surface area contributed by atoms with Crippen LogP contribution in [0.1, 0.15) is 12.5 Å². The van der Waals surface area contributed by atoms with E-state index in [1.807, 2.05) is 31.2 Å². The van der Waals surface area contributed by atoms with E-state index in [1.165, 1.54) is 0 Å². The largest absolute Gasteiger partial charge is 0.481 e. The summed E-state index contributed by atoms with van der Waals surface area (Å²) in [6.45, 7) is 3.61. The minimum atomic E-state index is -0.652. The molecule has 1 N–H and O–H groups in total. The van der Waals surface area contributed by atoms with Gasteiger partial charge in [0.2, 0.25) is 0 Å². The van der Waals surface area contributed by atoms with Crippen LogP contribution < -0.4 is 10.1 Å². The van der Waals surface area contributed by atoms with Crippen molar-refractivity contribution in [2.24, 2.45) is 0 Å². The van der Waals surface area contributed by atoms with Crippen molar-refractivity contribution >= 4 is 34.8 Å². The molecule has 2 aromatic carbocycles. The van der Waals surface area contributed by atoms with Crippen molar-refractivity contribution in [2.45, 2.75) is 20.0 Å². The number of rotatable bonds is 4. The molecule has 1 amide bonds. The molecule has 0 fully saturated rings. The first-order chi connectivity index (χ1) is 9.99. The van der Waals surface area contributed by atoms with Gasteiger partial charge in [0.1, 0.15) is 5.75 Å². The molecule has 2 rings (SSSR count). The lowest BCUT2D eigenvalue weighted by Crippen LogP contribution is -2.30. The SMILES string of the molecule is Cc1ccccc1OC(C)C(=O)Nc1cccc(Cl)c1Cl. The van der Waals surface area contributed by atoms with Crippen molar-refractivity contribution in [1.82, 2.24) is 0 Å². The van der Waals surface area contributed by atoms with Crippen LogP contribution in [0.3, 0.4) is 0 Å². The van der Waals surface area contributed by atoms with Crippen LogP contribution in [0.4, 0.5) is 5.69 Å². The number of hydrogen-bond donors (Lipinski definition) is 1. The van der Waals surface area contributed by atoms with Gasteiger partial charge in [0, 0.05) is 0 Å². The summed E-state index contributed by atoms with van der Waals surface area (Å²) < 4.78 is 5.66. The number of amides is 1. The minimum Gasteiger partial charge on any atom is -0.481 e. The first-order valence-electron chi connectivity index (χ1n) is 6.46. The Labute approximate surface area is 133 Å². The van der Waals surface area contributed by atoms with Gasteiger partial charge in [-0.25, -0.2) is 0 Å². The highest BCUT2D eigenvalue weighted by Gasteiger charge is 2.17. The minimum absolute atomic E-state index is 0.289. The van der Waals surface area contributed by atoms with Gasteiger partial charge in [-0.05, 0) is 37.6 Å². The van der Waals surface area contributed by atoms with Crippen molar-refractivity contribution < 1.29 is 9.53 Å². The number of benzene rings is 2. The maximum atomic E-state index is 12.2. The Morgan fingerprint density at radius 1 is 1.14 bits per heavy atom. The van der Waals surface area contributed by atoms with Gasteiger partial charge in [-0.2, -0.15) is 0 Å². The summed E-state index contributed by atoms with van der Waals surface area (Å²) >= 11 is 12.0. The average molecular weight is 324 g/mol. The molecule has 1 atom stereocenters. The smallest absolute Gasteiger partial charge is 0.265 e. The van der Waals surface area contributed by atoms with Crippen LogP contribution in [0.15, 0.2) is 42.5 Å². The van der Waals surface area contributed by atoms with Crippen molar-refractivity contribution in [2.75, 3.05) is 5.32 Å². The summed E-state index contributed by atoms with van der Waals surface area (Å²) in [5.74, 6) is 0.389. The number of carbonyl (C=O) groups is 1. The fourth-order valence-electron chi connectivity index (χ4n) is 1.77. The average Bonchev–Trinajstić information content (AvgIpc) is 2.46. The van der Waals surface area contributed by atoms with Gasteiger partial charge >= 0.3 is 0 Å². The van der Waals surface area contributed by atoms with Gasteiger partial charge < -0.3 is 10.1 Å². The number of para-hydroxylation sites is 1. The third kappa shape index (κ3) is 3.90. The fraction of sp³-hybridized carbons (Fsp3) is 0.188. The Morgan fingerprint density at radius 2 is 1.86 bits per heavy atom. The van der Waals surface area contributed by atoms with E-state index in [1.54, 1.807) is 25.1 Å². The molecule has 0 radical (unpaired) electrons. The Hall–Kier alpha value is -1.71. The number of nitrogens with one attached hydrogen (secondary N) is 1. The standard InChI is InChI=1S/C16H15Cl2NO2/c1-10-6-3-4-9-14(10)21-11(2)16(20)19-13-8-5-7-12(17)15(13)18/h3-9,11H,1-2H3,(H,19,20). The lowest BCUT2D eigenvalue weighted by Gasteiger charge is -2.16. The van der Waals surface area contributed by atoms with Gasteiger partial charge in [-0.15, -0.1) is 0 Å². The molecule has 0 spiro atoms. The molecule has 5 heteroatoms. The predicted molar refractivity (Wildman–Crippen MR) is 86.4 cm³/mol. The molecule has 0 aliphatic carbocycles. The Bertz CT molecular complexity index is 658. The quantitative estimate of drug-likeness (QED) is 0.885. The number of carbonyl (C=O) groups excluding carboxylic acids is 1. The normalized spacial score (nSPS) is 11.8. The van der Waals surface area contributed by atoms with E-state index in [4.69, 9.17) is 27.9 Å². The molecular formula is C16H15Cl2NO2. The first kappa shape index (κ1) is 15.7. The summed E-state index contributed by atoms with van der Waals surface area (Å²) in [6, 6.07) is 12.6. The molecular weight excluding hydrogens is 309 g/mol. The summed E-state index contributed by atoms with van der Waals surface area (Å²) in [4.78, 5) is 12.2. The van der Waals surface area contributed by atoms with Gasteiger partial charge in [0.05, 0.1) is 15.7 Å². The molecule has 1 unspecified atom stereocenters. The van der Waals surface area contributed by atoms with E-state index in [2.05, 4.69) is 5.32 Å². The third-order valence-corrected chi connectivity index (χ3v) is 3.79. The molecule has 0 aliphatic rings. The summed E-state index contributed by atoms with van der Waals surface area (Å²) in [5.41, 5.74) is 1.44. The molecule has 21 heavy (non-hydrogen) atoms. The number of halogens is 2. The van der Waals surface area contributed by atoms with Crippen molar-refractivity contribution in [3.8, 4) is 5.75 Å². The Kier molecular flexibility index (Phi) is 5.10. The van der Waals surface area contributed by atoms with Crippen LogP contribution in [0.5, 0.6) is 5.75 Å². The van der Waals surface area contributed by atoms with E-state index >= 15 is 0 Å². The molecule has 0 aliphatic heterocycles. The number of hydrogen-bond acceptors (Lipinski definition) is 2. The maximum Gasteiger partial charge on any atom is 0.265 e. The molecule has 110 valence electrons. The van der Waals surface area contributed by atoms with Crippen molar-refractivity contribution in [3.63, 3.8) is 0 Å². The van der Waals surface area contributed by atoms with E-state index in [0.29, 0.717) is 21.5 Å². The summed E-state index contributed by atoms with van der Waals surface area (Å²) in [5, 5.41) is 3.42. The molecule has 3 nitrogen and oxygen atoms in total. The Balaban J connectivity index is 2.06. The molecule has 0 aromatic heterocycles. The second kappa shape index (κ2) is 6.83. The van der Waals surface area contributed by atoms with Gasteiger partial charge in [0.15, 0.2) is 6.10 Å². The van der Waals surface area contributed by atoms with Crippen molar-refractivity contribution in [3.05, 3.63) is 58.1 Å². The zero-order valence-corrected chi connectivity index (χ0v) is 13.2. The molecule has 0 saturated heterocycles. The molecule has 0 saturated carbocycles. The van der Waals surface area contributed by atoms with Gasteiger partial charge in [-0.3, -0.25) is 4.79 Å². The van der Waals surface area contributed by atoms with Crippen LogP contribution in [-0.4, -0.2) is 12.0 Å². The predicted octanol–water partition coefficient (Wildman–Crippen LogP) is 4.71. The highest BCUT2D eigenvalue weighted by Crippen LogP contribution is 2.29. The van der Waals surface area contributed by atoms with Crippen LogP contribution in [0.2, 0.25) is 10.0 Å². The highest BCUT2D eigenvalue weighted by molar-refractivity contribution is 6.44. The monoisotopic (exact) mass is 323 g/mol. The second-order valence-electron chi connectivity index (χ2n) is 4.62. The number of ether oxygens (including phenoxy) is 1. The topological polar surface area (TPSA) is 38.3 Å². The zero-order chi connectivity index (χ0) is 15.4. The van der Waals surface area contributed by atoms with E-state index in [-0.39, 0.29) is 5.91 Å². The van der Waals surface area contributed by atoms with E-state index in [9.17, 15) is 4.79 Å². The van der Waals surface area contributed by atoms with Crippen LogP contribution in [0.25, 0.3) is 0 Å². The molecule has 2 aromatic rings. The maximum absolute atomic E-state index is 12.2. The lowest BCUT2D eigenvalue weighted by molar-refractivity contribution is -0.122. The fourth-order valence-corrected chi connectivity index (χ4v) is 2.12. The summed E-state index contributed by atoms with van der Waals surface area (Å²) in [6.07, 6.45) is -0.652.